The maximum atomic E-state index is 12.7. The van der Waals surface area contributed by atoms with Crippen molar-refractivity contribution in [2.24, 2.45) is 5.41 Å². The van der Waals surface area contributed by atoms with Crippen LogP contribution in [0.3, 0.4) is 0 Å². The van der Waals surface area contributed by atoms with Crippen LogP contribution in [0.15, 0.2) is 65.3 Å². The van der Waals surface area contributed by atoms with E-state index in [9.17, 15) is 9.90 Å². The molecule has 2 atom stereocenters. The fourth-order valence-corrected chi connectivity index (χ4v) is 4.38. The van der Waals surface area contributed by atoms with Crippen LogP contribution >= 0.6 is 0 Å². The lowest BCUT2D eigenvalue weighted by Crippen LogP contribution is -2.46. The molecule has 1 saturated carbocycles. The van der Waals surface area contributed by atoms with E-state index in [-0.39, 0.29) is 11.2 Å². The highest BCUT2D eigenvalue weighted by molar-refractivity contribution is 6.09. The van der Waals surface area contributed by atoms with Crippen molar-refractivity contribution in [2.45, 2.75) is 52.1 Å². The van der Waals surface area contributed by atoms with E-state index < -0.39 is 6.10 Å². The Hall–Kier alpha value is -1.93. The Labute approximate surface area is 144 Å². The van der Waals surface area contributed by atoms with Gasteiger partial charge in [-0.3, -0.25) is 4.79 Å². The molecular formula is C22H26O2. The second-order valence-corrected chi connectivity index (χ2v) is 7.05. The number of ketones is 1. The Bertz CT molecular complexity index is 709. The number of allylic oxidation sites excluding steroid dienone is 5. The first kappa shape index (κ1) is 16.9. The van der Waals surface area contributed by atoms with Gasteiger partial charge in [-0.05, 0) is 57.1 Å². The molecule has 0 radical (unpaired) electrons. The fraction of sp³-hybridized carbons (Fsp3) is 0.409. The van der Waals surface area contributed by atoms with Gasteiger partial charge in [0.05, 0.1) is 6.10 Å². The van der Waals surface area contributed by atoms with E-state index in [4.69, 9.17) is 0 Å². The Morgan fingerprint density at radius 3 is 2.75 bits per heavy atom. The summed E-state index contributed by atoms with van der Waals surface area (Å²) in [5.74, 6) is 0.154. The summed E-state index contributed by atoms with van der Waals surface area (Å²) in [6.45, 7) is 3.89. The number of hydrogen-bond acceptors (Lipinski definition) is 2. The van der Waals surface area contributed by atoms with E-state index in [1.54, 1.807) is 0 Å². The van der Waals surface area contributed by atoms with Gasteiger partial charge in [-0.15, -0.1) is 0 Å². The standard InChI is InChI=1S/C22H26O2/c1-3-4-11-18-15-22(14-17-9-6-5-7-10-17)19(16(2)21(18)24)12-8-13-20(22)23/h3-7,9-11,20,23H,8,12-15H2,1-2H3/t20-,22-/m0/s1. The van der Waals surface area contributed by atoms with Gasteiger partial charge in [0.25, 0.3) is 0 Å². The zero-order chi connectivity index (χ0) is 17.2. The summed E-state index contributed by atoms with van der Waals surface area (Å²) >= 11 is 0. The van der Waals surface area contributed by atoms with Gasteiger partial charge in [-0.2, -0.15) is 0 Å². The van der Waals surface area contributed by atoms with Gasteiger partial charge >= 0.3 is 0 Å². The minimum absolute atomic E-state index is 0.154. The molecule has 2 aliphatic carbocycles. The number of fused-ring (bicyclic) bond motifs is 1. The van der Waals surface area contributed by atoms with E-state index in [1.807, 2.05) is 50.3 Å². The molecule has 0 heterocycles. The molecule has 1 aromatic carbocycles. The molecule has 0 spiro atoms. The van der Waals surface area contributed by atoms with Gasteiger partial charge in [0.1, 0.15) is 0 Å². The molecule has 0 bridgehead atoms. The molecule has 0 unspecified atom stereocenters. The highest BCUT2D eigenvalue weighted by Crippen LogP contribution is 2.52. The molecule has 0 aliphatic heterocycles. The number of carbonyl (C=O) groups excluding carboxylic acids is 1. The number of aliphatic hydroxyl groups excluding tert-OH is 1. The van der Waals surface area contributed by atoms with E-state index in [0.717, 1.165) is 36.8 Å². The molecule has 0 amide bonds. The third-order valence-electron chi connectivity index (χ3n) is 5.59. The van der Waals surface area contributed by atoms with Crippen LogP contribution < -0.4 is 0 Å². The van der Waals surface area contributed by atoms with Gasteiger partial charge in [0.15, 0.2) is 5.78 Å². The van der Waals surface area contributed by atoms with Gasteiger partial charge < -0.3 is 5.11 Å². The second kappa shape index (κ2) is 6.90. The first-order valence-electron chi connectivity index (χ1n) is 8.87. The van der Waals surface area contributed by atoms with Crippen LogP contribution in [0.5, 0.6) is 0 Å². The maximum Gasteiger partial charge on any atom is 0.184 e. The largest absolute Gasteiger partial charge is 0.392 e. The number of benzene rings is 1. The number of rotatable bonds is 3. The summed E-state index contributed by atoms with van der Waals surface area (Å²) in [6, 6.07) is 10.3. The molecule has 1 fully saturated rings. The summed E-state index contributed by atoms with van der Waals surface area (Å²) in [5, 5.41) is 11.0. The van der Waals surface area contributed by atoms with E-state index >= 15 is 0 Å². The van der Waals surface area contributed by atoms with Crippen molar-refractivity contribution < 1.29 is 9.90 Å². The van der Waals surface area contributed by atoms with Crippen molar-refractivity contribution in [1.29, 1.82) is 0 Å². The molecule has 1 N–H and O–H groups in total. The molecule has 1 aromatic rings. The Balaban J connectivity index is 2.10. The first-order valence-corrected chi connectivity index (χ1v) is 8.87. The highest BCUT2D eigenvalue weighted by Gasteiger charge is 2.48. The van der Waals surface area contributed by atoms with Gasteiger partial charge in [0.2, 0.25) is 0 Å². The SMILES string of the molecule is CC=CC=C1C[C@@]2(Cc3ccccc3)C(=C(C)C1=O)CCC[C@@H]2O. The first-order chi connectivity index (χ1) is 11.6. The molecule has 0 aromatic heterocycles. The van der Waals surface area contributed by atoms with E-state index in [0.29, 0.717) is 6.42 Å². The van der Waals surface area contributed by atoms with Gasteiger partial charge in [-0.25, -0.2) is 0 Å². The third kappa shape index (κ3) is 2.91. The molecule has 2 aliphatic rings. The number of aliphatic hydroxyl groups is 1. The number of hydrogen-bond donors (Lipinski definition) is 1. The summed E-state index contributed by atoms with van der Waals surface area (Å²) in [4.78, 5) is 12.7. The predicted molar refractivity (Wildman–Crippen MR) is 97.7 cm³/mol. The summed E-state index contributed by atoms with van der Waals surface area (Å²) < 4.78 is 0. The Kier molecular flexibility index (Phi) is 4.86. The zero-order valence-corrected chi connectivity index (χ0v) is 14.6. The van der Waals surface area contributed by atoms with Crippen LogP contribution in [0.2, 0.25) is 0 Å². The van der Waals surface area contributed by atoms with Crippen molar-refractivity contribution >= 4 is 5.78 Å². The van der Waals surface area contributed by atoms with Crippen LogP contribution in [-0.4, -0.2) is 17.0 Å². The van der Waals surface area contributed by atoms with Crippen molar-refractivity contribution in [3.8, 4) is 0 Å². The lowest BCUT2D eigenvalue weighted by Gasteiger charge is -2.47. The van der Waals surface area contributed by atoms with Crippen LogP contribution in [-0.2, 0) is 11.2 Å². The smallest absolute Gasteiger partial charge is 0.184 e. The monoisotopic (exact) mass is 322 g/mol. The minimum Gasteiger partial charge on any atom is -0.392 e. The Morgan fingerprint density at radius 1 is 1.29 bits per heavy atom. The van der Waals surface area contributed by atoms with Crippen molar-refractivity contribution in [3.63, 3.8) is 0 Å². The van der Waals surface area contributed by atoms with Crippen LogP contribution in [0.4, 0.5) is 0 Å². The molecule has 3 rings (SSSR count). The Morgan fingerprint density at radius 2 is 2.04 bits per heavy atom. The number of Topliss-reactive ketones (excluding diaryl/α,β-unsaturated/α-hetero) is 1. The molecule has 126 valence electrons. The fourth-order valence-electron chi connectivity index (χ4n) is 4.38. The summed E-state index contributed by atoms with van der Waals surface area (Å²) in [5.41, 5.74) is 3.76. The van der Waals surface area contributed by atoms with Gasteiger partial charge in [0, 0.05) is 11.0 Å². The van der Waals surface area contributed by atoms with Crippen LogP contribution in [0.25, 0.3) is 0 Å². The summed E-state index contributed by atoms with van der Waals surface area (Å²) in [6.07, 6.45) is 9.54. The van der Waals surface area contributed by atoms with Crippen LogP contribution in [0, 0.1) is 5.41 Å². The molecule has 2 nitrogen and oxygen atoms in total. The topological polar surface area (TPSA) is 37.3 Å². The van der Waals surface area contributed by atoms with E-state index in [1.165, 1.54) is 11.1 Å². The molecule has 24 heavy (non-hydrogen) atoms. The van der Waals surface area contributed by atoms with Crippen molar-refractivity contribution in [3.05, 3.63) is 70.8 Å². The molecule has 0 saturated heterocycles. The minimum atomic E-state index is -0.390. The highest BCUT2D eigenvalue weighted by atomic mass is 16.3. The quantitative estimate of drug-likeness (QED) is 0.829. The molecular weight excluding hydrogens is 296 g/mol. The maximum absolute atomic E-state index is 12.7. The predicted octanol–water partition coefficient (Wildman–Crippen LogP) is 4.55. The molecule has 2 heteroatoms. The second-order valence-electron chi connectivity index (χ2n) is 7.05. The lowest BCUT2D eigenvalue weighted by atomic mass is 9.57. The average molecular weight is 322 g/mol. The average Bonchev–Trinajstić information content (AvgIpc) is 2.59. The third-order valence-corrected chi connectivity index (χ3v) is 5.59. The van der Waals surface area contributed by atoms with Crippen molar-refractivity contribution in [1.82, 2.24) is 0 Å². The normalized spacial score (nSPS) is 29.4. The van der Waals surface area contributed by atoms with Gasteiger partial charge in [-0.1, -0.05) is 54.1 Å². The lowest BCUT2D eigenvalue weighted by molar-refractivity contribution is -0.113. The zero-order valence-electron chi connectivity index (χ0n) is 14.6. The van der Waals surface area contributed by atoms with E-state index in [2.05, 4.69) is 12.1 Å². The number of carbonyl (C=O) groups is 1. The van der Waals surface area contributed by atoms with Crippen molar-refractivity contribution in [2.75, 3.05) is 0 Å². The van der Waals surface area contributed by atoms with Crippen LogP contribution in [0.1, 0.15) is 45.1 Å². The summed E-state index contributed by atoms with van der Waals surface area (Å²) in [7, 11) is 0.